The van der Waals surface area contributed by atoms with E-state index >= 15 is 0 Å². The molecule has 0 aliphatic carbocycles. The monoisotopic (exact) mass is 324 g/mol. The highest BCUT2D eigenvalue weighted by molar-refractivity contribution is 8.20. The summed E-state index contributed by atoms with van der Waals surface area (Å²) < 4.78 is 2.30. The number of benzene rings is 1. The van der Waals surface area contributed by atoms with Gasteiger partial charge in [0.1, 0.15) is 0 Å². The Hall–Kier alpha value is -0.580. The summed E-state index contributed by atoms with van der Waals surface area (Å²) in [5, 5.41) is 1.50. The Labute approximate surface area is 133 Å². The summed E-state index contributed by atoms with van der Waals surface area (Å²) in [5.41, 5.74) is 1.38. The van der Waals surface area contributed by atoms with Gasteiger partial charge in [-0.15, -0.1) is 23.5 Å². The van der Waals surface area contributed by atoms with Gasteiger partial charge in [-0.3, -0.25) is 0 Å². The molecule has 0 spiro atoms. The molecule has 1 aromatic heterocycles. The lowest BCUT2D eigenvalue weighted by Gasteiger charge is -2.28. The topological polar surface area (TPSA) is 17.8 Å². The number of nitrogens with zero attached hydrogens (tertiary/aromatic N) is 2. The quantitative estimate of drug-likeness (QED) is 0.815. The Morgan fingerprint density at radius 3 is 2.80 bits per heavy atom. The Kier molecular flexibility index (Phi) is 4.34. The van der Waals surface area contributed by atoms with Crippen molar-refractivity contribution >= 4 is 35.1 Å². The van der Waals surface area contributed by atoms with Crippen LogP contribution >= 0.6 is 35.1 Å². The summed E-state index contributed by atoms with van der Waals surface area (Å²) >= 11 is 10.2. The van der Waals surface area contributed by atoms with Gasteiger partial charge in [0, 0.05) is 35.0 Å². The fraction of sp³-hybridized carbons (Fsp3) is 0.400. The predicted molar refractivity (Wildman–Crippen MR) is 89.5 cm³/mol. The van der Waals surface area contributed by atoms with E-state index in [0.29, 0.717) is 5.25 Å². The van der Waals surface area contributed by atoms with Crippen molar-refractivity contribution in [1.29, 1.82) is 0 Å². The van der Waals surface area contributed by atoms with Crippen LogP contribution in [0.2, 0.25) is 5.02 Å². The lowest BCUT2D eigenvalue weighted by atomic mass is 10.1. The molecule has 2 heterocycles. The van der Waals surface area contributed by atoms with Crippen molar-refractivity contribution in [2.45, 2.75) is 29.2 Å². The number of halogens is 1. The summed E-state index contributed by atoms with van der Waals surface area (Å²) in [7, 11) is 0. The zero-order valence-corrected chi connectivity index (χ0v) is 13.7. The van der Waals surface area contributed by atoms with Crippen molar-refractivity contribution in [2.24, 2.45) is 0 Å². The number of rotatable bonds is 4. The van der Waals surface area contributed by atoms with Crippen molar-refractivity contribution < 1.29 is 0 Å². The van der Waals surface area contributed by atoms with Crippen molar-refractivity contribution in [1.82, 2.24) is 9.55 Å². The molecule has 0 amide bonds. The summed E-state index contributed by atoms with van der Waals surface area (Å²) in [6.07, 6.45) is 6.86. The maximum absolute atomic E-state index is 6.02. The first kappa shape index (κ1) is 14.4. The number of imidazole rings is 1. The van der Waals surface area contributed by atoms with E-state index in [1.165, 1.54) is 11.3 Å². The Balaban J connectivity index is 1.83. The van der Waals surface area contributed by atoms with Crippen LogP contribution in [0.3, 0.4) is 0 Å². The Bertz CT molecular complexity index is 556. The molecule has 5 heteroatoms. The Morgan fingerprint density at radius 2 is 2.20 bits per heavy atom. The molecule has 2 unspecified atom stereocenters. The van der Waals surface area contributed by atoms with Crippen molar-refractivity contribution in [2.75, 3.05) is 5.75 Å². The molecule has 3 rings (SSSR count). The summed E-state index contributed by atoms with van der Waals surface area (Å²) in [6.45, 7) is 3.31. The molecule has 2 atom stereocenters. The smallest absolute Gasteiger partial charge is 0.0945 e. The standard InChI is InChI=1S/C15H17ClN2S2/c1-12-10-19-15(20-12,6-8-18-9-7-17-11-18)13-2-4-14(16)5-3-13/h2-5,7,9,11-12H,6,8,10H2,1H3. The molecule has 2 aromatic rings. The molecule has 1 saturated heterocycles. The van der Waals surface area contributed by atoms with Crippen LogP contribution in [0.4, 0.5) is 0 Å². The molecule has 0 saturated carbocycles. The molecule has 1 aliphatic rings. The summed E-state index contributed by atoms with van der Waals surface area (Å²) in [4.78, 5) is 4.12. The molecular formula is C15H17ClN2S2. The second kappa shape index (κ2) is 6.04. The molecule has 0 bridgehead atoms. The molecule has 106 valence electrons. The van der Waals surface area contributed by atoms with Crippen LogP contribution in [-0.2, 0) is 10.6 Å². The highest BCUT2D eigenvalue weighted by Gasteiger charge is 2.40. The van der Waals surface area contributed by atoms with E-state index in [-0.39, 0.29) is 4.08 Å². The molecule has 0 N–H and O–H groups in total. The van der Waals surface area contributed by atoms with Crippen LogP contribution in [0.1, 0.15) is 18.9 Å². The van der Waals surface area contributed by atoms with Crippen molar-refractivity contribution in [3.05, 3.63) is 53.6 Å². The van der Waals surface area contributed by atoms with E-state index in [9.17, 15) is 0 Å². The number of aryl methyl sites for hydroxylation is 1. The number of hydrogen-bond donors (Lipinski definition) is 0. The predicted octanol–water partition coefficient (Wildman–Crippen LogP) is 4.65. The van der Waals surface area contributed by atoms with Crippen molar-refractivity contribution in [3.8, 4) is 0 Å². The molecule has 1 fully saturated rings. The van der Waals surface area contributed by atoms with Gasteiger partial charge in [0.15, 0.2) is 0 Å². The second-order valence-electron chi connectivity index (χ2n) is 5.05. The van der Waals surface area contributed by atoms with Gasteiger partial charge in [-0.1, -0.05) is 30.7 Å². The average molecular weight is 325 g/mol. The molecule has 1 aliphatic heterocycles. The minimum atomic E-state index is 0.147. The number of hydrogen-bond acceptors (Lipinski definition) is 3. The van der Waals surface area contributed by atoms with E-state index < -0.39 is 0 Å². The van der Waals surface area contributed by atoms with Gasteiger partial charge in [-0.2, -0.15) is 0 Å². The largest absolute Gasteiger partial charge is 0.337 e. The van der Waals surface area contributed by atoms with Crippen LogP contribution in [-0.4, -0.2) is 20.6 Å². The van der Waals surface area contributed by atoms with Gasteiger partial charge >= 0.3 is 0 Å². The zero-order valence-electron chi connectivity index (χ0n) is 11.3. The van der Waals surface area contributed by atoms with Gasteiger partial charge < -0.3 is 4.57 Å². The van der Waals surface area contributed by atoms with E-state index in [1.54, 1.807) is 0 Å². The zero-order chi connectivity index (χ0) is 14.0. The fourth-order valence-corrected chi connectivity index (χ4v) is 6.22. The summed E-state index contributed by atoms with van der Waals surface area (Å²) in [5.74, 6) is 1.21. The first-order chi connectivity index (χ1) is 9.68. The third-order valence-corrected chi connectivity index (χ3v) is 7.55. The van der Waals surface area contributed by atoms with Crippen LogP contribution in [0.25, 0.3) is 0 Å². The van der Waals surface area contributed by atoms with Crippen molar-refractivity contribution in [3.63, 3.8) is 0 Å². The van der Waals surface area contributed by atoms with E-state index in [2.05, 4.69) is 52.1 Å². The highest BCUT2D eigenvalue weighted by atomic mass is 35.5. The minimum Gasteiger partial charge on any atom is -0.337 e. The first-order valence-corrected chi connectivity index (χ1v) is 8.96. The SMILES string of the molecule is CC1CSC(CCn2ccnc2)(c2ccc(Cl)cc2)S1. The van der Waals surface area contributed by atoms with Gasteiger partial charge in [0.2, 0.25) is 0 Å². The maximum Gasteiger partial charge on any atom is 0.0945 e. The maximum atomic E-state index is 6.02. The molecule has 1 aromatic carbocycles. The van der Waals surface area contributed by atoms with Crippen LogP contribution < -0.4 is 0 Å². The molecule has 20 heavy (non-hydrogen) atoms. The highest BCUT2D eigenvalue weighted by Crippen LogP contribution is 2.57. The van der Waals surface area contributed by atoms with Gasteiger partial charge in [0.05, 0.1) is 10.4 Å². The number of thioether (sulfide) groups is 2. The summed E-state index contributed by atoms with van der Waals surface area (Å²) in [6, 6.07) is 8.35. The molecular weight excluding hydrogens is 308 g/mol. The third kappa shape index (κ3) is 3.02. The van der Waals surface area contributed by atoms with Crippen LogP contribution in [0.15, 0.2) is 43.0 Å². The minimum absolute atomic E-state index is 0.147. The van der Waals surface area contributed by atoms with E-state index in [1.807, 2.05) is 30.9 Å². The van der Waals surface area contributed by atoms with E-state index in [0.717, 1.165) is 18.0 Å². The lowest BCUT2D eigenvalue weighted by Crippen LogP contribution is -2.17. The fourth-order valence-electron chi connectivity index (χ4n) is 2.47. The third-order valence-electron chi connectivity index (χ3n) is 3.49. The number of aromatic nitrogens is 2. The second-order valence-corrected chi connectivity index (χ2v) is 8.80. The van der Waals surface area contributed by atoms with E-state index in [4.69, 9.17) is 11.6 Å². The first-order valence-electron chi connectivity index (χ1n) is 6.71. The molecule has 0 radical (unpaired) electrons. The molecule has 2 nitrogen and oxygen atoms in total. The van der Waals surface area contributed by atoms with Crippen LogP contribution in [0, 0.1) is 0 Å². The van der Waals surface area contributed by atoms with Gasteiger partial charge in [-0.05, 0) is 24.1 Å². The normalized spacial score (nSPS) is 26.0. The Morgan fingerprint density at radius 1 is 1.40 bits per heavy atom. The van der Waals surface area contributed by atoms with Crippen LogP contribution in [0.5, 0.6) is 0 Å². The average Bonchev–Trinajstić information content (AvgIpc) is 3.08. The van der Waals surface area contributed by atoms with Gasteiger partial charge in [-0.25, -0.2) is 4.98 Å². The lowest BCUT2D eigenvalue weighted by molar-refractivity contribution is 0.614. The van der Waals surface area contributed by atoms with Gasteiger partial charge in [0.25, 0.3) is 0 Å².